The summed E-state index contributed by atoms with van der Waals surface area (Å²) in [7, 11) is 0. The number of benzene rings is 2. The van der Waals surface area contributed by atoms with E-state index in [0.29, 0.717) is 13.0 Å². The van der Waals surface area contributed by atoms with E-state index in [1.807, 2.05) is 45.9 Å². The fourth-order valence-electron chi connectivity index (χ4n) is 3.45. The molecule has 1 saturated heterocycles. The summed E-state index contributed by atoms with van der Waals surface area (Å²) in [5.41, 5.74) is 0.475. The number of nitrogens with one attached hydrogen (secondary N) is 1. The van der Waals surface area contributed by atoms with Crippen molar-refractivity contribution in [1.29, 1.82) is 0 Å². The summed E-state index contributed by atoms with van der Waals surface area (Å²) in [6.45, 7) is 8.01. The molecule has 0 bridgehead atoms. The molecule has 2 amide bonds. The highest BCUT2D eigenvalue weighted by molar-refractivity contribution is 5.87. The van der Waals surface area contributed by atoms with Crippen molar-refractivity contribution in [3.8, 4) is 0 Å². The van der Waals surface area contributed by atoms with Crippen molar-refractivity contribution in [3.63, 3.8) is 0 Å². The Morgan fingerprint density at radius 2 is 1.85 bits per heavy atom. The minimum absolute atomic E-state index is 0.126. The van der Waals surface area contributed by atoms with Gasteiger partial charge in [0.25, 0.3) is 0 Å². The molecule has 1 heterocycles. The van der Waals surface area contributed by atoms with Crippen molar-refractivity contribution >= 4 is 22.8 Å². The molecule has 5 nitrogen and oxygen atoms in total. The Hall–Kier alpha value is -2.56. The van der Waals surface area contributed by atoms with Crippen molar-refractivity contribution in [2.45, 2.75) is 58.2 Å². The maximum atomic E-state index is 12.8. The number of carbonyl (C=O) groups is 2. The Morgan fingerprint density at radius 1 is 1.15 bits per heavy atom. The van der Waals surface area contributed by atoms with Crippen LogP contribution < -0.4 is 5.32 Å². The standard InChI is InChI=1S/C22H28N2O3/c1-15(17-12-11-16-8-5-6-9-18(16)14-17)23-20(25)19-10-7-13-24(19)21(26)27-22(2,3)4/h5-6,8-9,11-12,14-15,19H,7,10,13H2,1-4H3,(H,23,25)/t15-,19+/m1/s1. The molecule has 0 aromatic heterocycles. The van der Waals surface area contributed by atoms with E-state index < -0.39 is 17.7 Å². The van der Waals surface area contributed by atoms with Crippen LogP contribution in [0.25, 0.3) is 10.8 Å². The zero-order valence-electron chi connectivity index (χ0n) is 16.5. The summed E-state index contributed by atoms with van der Waals surface area (Å²) in [4.78, 5) is 26.8. The van der Waals surface area contributed by atoms with Crippen LogP contribution in [0.1, 0.15) is 52.1 Å². The van der Waals surface area contributed by atoms with Gasteiger partial charge >= 0.3 is 6.09 Å². The minimum Gasteiger partial charge on any atom is -0.444 e. The topological polar surface area (TPSA) is 58.6 Å². The fourth-order valence-corrected chi connectivity index (χ4v) is 3.45. The zero-order chi connectivity index (χ0) is 19.6. The van der Waals surface area contributed by atoms with Gasteiger partial charge < -0.3 is 10.1 Å². The summed E-state index contributed by atoms with van der Waals surface area (Å²) in [5, 5.41) is 5.38. The van der Waals surface area contributed by atoms with Crippen LogP contribution in [0.15, 0.2) is 42.5 Å². The molecule has 0 unspecified atom stereocenters. The minimum atomic E-state index is -0.570. The van der Waals surface area contributed by atoms with Gasteiger partial charge in [0, 0.05) is 6.54 Å². The normalized spacial score (nSPS) is 18.4. The van der Waals surface area contributed by atoms with Crippen LogP contribution in [-0.2, 0) is 9.53 Å². The van der Waals surface area contributed by atoms with Gasteiger partial charge in [-0.15, -0.1) is 0 Å². The lowest BCUT2D eigenvalue weighted by atomic mass is 10.0. The lowest BCUT2D eigenvalue weighted by Crippen LogP contribution is -2.48. The maximum Gasteiger partial charge on any atom is 0.410 e. The quantitative estimate of drug-likeness (QED) is 0.873. The van der Waals surface area contributed by atoms with Gasteiger partial charge in [0.05, 0.1) is 6.04 Å². The number of rotatable bonds is 3. The molecule has 1 aliphatic rings. The molecule has 1 N–H and O–H groups in total. The van der Waals surface area contributed by atoms with Crippen molar-refractivity contribution in [2.24, 2.45) is 0 Å². The summed E-state index contributed by atoms with van der Waals surface area (Å²) in [6, 6.07) is 13.7. The van der Waals surface area contributed by atoms with Gasteiger partial charge in [0.1, 0.15) is 11.6 Å². The van der Waals surface area contributed by atoms with Gasteiger partial charge in [-0.05, 0) is 62.9 Å². The Bertz CT molecular complexity index is 841. The maximum absolute atomic E-state index is 12.8. The van der Waals surface area contributed by atoms with Crippen molar-refractivity contribution < 1.29 is 14.3 Å². The molecular formula is C22H28N2O3. The second-order valence-corrected chi connectivity index (χ2v) is 8.17. The van der Waals surface area contributed by atoms with Crippen molar-refractivity contribution in [2.75, 3.05) is 6.54 Å². The largest absolute Gasteiger partial charge is 0.444 e. The number of ether oxygens (including phenoxy) is 1. The Morgan fingerprint density at radius 3 is 2.56 bits per heavy atom. The van der Waals surface area contributed by atoms with Gasteiger partial charge in [-0.1, -0.05) is 36.4 Å². The molecule has 0 spiro atoms. The van der Waals surface area contributed by atoms with Gasteiger partial charge in [-0.2, -0.15) is 0 Å². The monoisotopic (exact) mass is 368 g/mol. The molecule has 27 heavy (non-hydrogen) atoms. The van der Waals surface area contributed by atoms with Crippen molar-refractivity contribution in [1.82, 2.24) is 10.2 Å². The van der Waals surface area contributed by atoms with Gasteiger partial charge in [0.2, 0.25) is 5.91 Å². The molecule has 1 aliphatic heterocycles. The zero-order valence-corrected chi connectivity index (χ0v) is 16.5. The smallest absolute Gasteiger partial charge is 0.410 e. The van der Waals surface area contributed by atoms with Crippen molar-refractivity contribution in [3.05, 3.63) is 48.0 Å². The first-order valence-electron chi connectivity index (χ1n) is 9.53. The molecule has 1 fully saturated rings. The van der Waals surface area contributed by atoms with Crippen LogP contribution in [0.4, 0.5) is 4.79 Å². The van der Waals surface area contributed by atoms with E-state index >= 15 is 0 Å². The van der Waals surface area contributed by atoms with Crippen LogP contribution in [0, 0.1) is 0 Å². The van der Waals surface area contributed by atoms with E-state index in [1.54, 1.807) is 4.90 Å². The number of nitrogens with zero attached hydrogens (tertiary/aromatic N) is 1. The predicted octanol–water partition coefficient (Wildman–Crippen LogP) is 4.42. The van der Waals surface area contributed by atoms with Gasteiger partial charge in [-0.3, -0.25) is 9.69 Å². The highest BCUT2D eigenvalue weighted by Gasteiger charge is 2.37. The number of hydrogen-bond acceptors (Lipinski definition) is 3. The highest BCUT2D eigenvalue weighted by atomic mass is 16.6. The van der Waals surface area contributed by atoms with Crippen LogP contribution in [0.5, 0.6) is 0 Å². The van der Waals surface area contributed by atoms with E-state index in [4.69, 9.17) is 4.74 Å². The molecule has 0 aliphatic carbocycles. The molecule has 2 atom stereocenters. The Kier molecular flexibility index (Phi) is 5.40. The first kappa shape index (κ1) is 19.2. The lowest BCUT2D eigenvalue weighted by Gasteiger charge is -2.28. The number of hydrogen-bond donors (Lipinski definition) is 1. The molecule has 3 rings (SSSR count). The first-order chi connectivity index (χ1) is 12.7. The third kappa shape index (κ3) is 4.59. The number of likely N-dealkylation sites (tertiary alicyclic amines) is 1. The molecule has 5 heteroatoms. The lowest BCUT2D eigenvalue weighted by molar-refractivity contribution is -0.126. The van der Waals surface area contributed by atoms with Crippen LogP contribution >= 0.6 is 0 Å². The molecule has 0 saturated carbocycles. The van der Waals surface area contributed by atoms with E-state index in [9.17, 15) is 9.59 Å². The SMILES string of the molecule is C[C@@H](NC(=O)[C@@H]1CCCN1C(=O)OC(C)(C)C)c1ccc2ccccc2c1. The predicted molar refractivity (Wildman–Crippen MR) is 106 cm³/mol. The third-order valence-electron chi connectivity index (χ3n) is 4.82. The Labute approximate surface area is 160 Å². The number of carbonyl (C=O) groups excluding carboxylic acids is 2. The second kappa shape index (κ2) is 7.59. The first-order valence-corrected chi connectivity index (χ1v) is 9.53. The third-order valence-corrected chi connectivity index (χ3v) is 4.82. The van der Waals surface area contributed by atoms with E-state index in [-0.39, 0.29) is 11.9 Å². The molecule has 0 radical (unpaired) electrons. The molecule has 144 valence electrons. The van der Waals surface area contributed by atoms with Gasteiger partial charge in [0.15, 0.2) is 0 Å². The summed E-state index contributed by atoms with van der Waals surface area (Å²) in [5.74, 6) is -0.126. The van der Waals surface area contributed by atoms with E-state index in [0.717, 1.165) is 17.4 Å². The van der Waals surface area contributed by atoms with E-state index in [1.165, 1.54) is 5.39 Å². The second-order valence-electron chi connectivity index (χ2n) is 8.17. The average molecular weight is 368 g/mol. The van der Waals surface area contributed by atoms with Crippen LogP contribution in [0.2, 0.25) is 0 Å². The van der Waals surface area contributed by atoms with E-state index in [2.05, 4.69) is 29.6 Å². The number of amides is 2. The molecular weight excluding hydrogens is 340 g/mol. The van der Waals surface area contributed by atoms with Gasteiger partial charge in [-0.25, -0.2) is 4.79 Å². The Balaban J connectivity index is 1.68. The summed E-state index contributed by atoms with van der Waals surface area (Å²) in [6.07, 6.45) is 1.05. The summed E-state index contributed by atoms with van der Waals surface area (Å²) >= 11 is 0. The highest BCUT2D eigenvalue weighted by Crippen LogP contribution is 2.24. The molecule has 2 aromatic carbocycles. The number of fused-ring (bicyclic) bond motifs is 1. The van der Waals surface area contributed by atoms with Crippen LogP contribution in [0.3, 0.4) is 0 Å². The molecule has 2 aromatic rings. The fraction of sp³-hybridized carbons (Fsp3) is 0.455. The average Bonchev–Trinajstić information content (AvgIpc) is 3.10. The van der Waals surface area contributed by atoms with Crippen LogP contribution in [-0.4, -0.2) is 35.1 Å². The summed E-state index contributed by atoms with van der Waals surface area (Å²) < 4.78 is 5.45.